The number of ketones is 1. The Morgan fingerprint density at radius 3 is 2.33 bits per heavy atom. The molecule has 0 fully saturated rings. The van der Waals surface area contributed by atoms with E-state index in [2.05, 4.69) is 15.8 Å². The molecule has 0 aliphatic heterocycles. The van der Waals surface area contributed by atoms with E-state index >= 15 is 0 Å². The Morgan fingerprint density at radius 1 is 0.939 bits per heavy atom. The Labute approximate surface area is 191 Å². The van der Waals surface area contributed by atoms with E-state index in [1.807, 2.05) is 30.3 Å². The summed E-state index contributed by atoms with van der Waals surface area (Å²) >= 11 is 0. The van der Waals surface area contributed by atoms with Crippen LogP contribution in [0.25, 0.3) is 0 Å². The maximum Gasteiger partial charge on any atom is 0.286 e. The van der Waals surface area contributed by atoms with Gasteiger partial charge in [0.1, 0.15) is 23.8 Å². The van der Waals surface area contributed by atoms with Gasteiger partial charge in [-0.05, 0) is 55.2 Å². The standard InChI is InChI=1S/C25H25N3O5/c1-16-23-20(8-5-9-21(23)29)26-24(16)25(31)28-27-22(30)15-33-19-12-10-18(11-13-19)32-14-17-6-3-2-4-7-17/h2-4,6-7,10-13,26H,5,8-9,14-15H2,1H3,(H,27,30)(H,28,31). The predicted octanol–water partition coefficient (Wildman–Crippen LogP) is 3.26. The summed E-state index contributed by atoms with van der Waals surface area (Å²) in [6, 6.07) is 16.8. The summed E-state index contributed by atoms with van der Waals surface area (Å²) in [4.78, 5) is 39.6. The van der Waals surface area contributed by atoms with Crippen molar-refractivity contribution >= 4 is 17.6 Å². The Bertz CT molecular complexity index is 1150. The Kier molecular flexibility index (Phi) is 6.73. The van der Waals surface area contributed by atoms with Crippen molar-refractivity contribution in [2.24, 2.45) is 0 Å². The van der Waals surface area contributed by atoms with E-state index in [1.54, 1.807) is 31.2 Å². The molecule has 8 nitrogen and oxygen atoms in total. The van der Waals surface area contributed by atoms with Crippen molar-refractivity contribution in [2.45, 2.75) is 32.8 Å². The van der Waals surface area contributed by atoms with Crippen LogP contribution < -0.4 is 20.3 Å². The van der Waals surface area contributed by atoms with E-state index in [4.69, 9.17) is 9.47 Å². The second-order valence-corrected chi connectivity index (χ2v) is 7.79. The van der Waals surface area contributed by atoms with Gasteiger partial charge in [0.15, 0.2) is 12.4 Å². The van der Waals surface area contributed by atoms with Gasteiger partial charge in [-0.1, -0.05) is 30.3 Å². The van der Waals surface area contributed by atoms with Crippen LogP contribution in [0.1, 0.15) is 50.5 Å². The van der Waals surface area contributed by atoms with Crippen LogP contribution in [0.4, 0.5) is 0 Å². The Hall–Kier alpha value is -4.07. The van der Waals surface area contributed by atoms with Crippen LogP contribution in [-0.4, -0.2) is 29.2 Å². The molecule has 4 rings (SSSR count). The third kappa shape index (κ3) is 5.41. The average Bonchev–Trinajstić information content (AvgIpc) is 3.19. The number of fused-ring (bicyclic) bond motifs is 1. The molecule has 1 aliphatic rings. The van der Waals surface area contributed by atoms with Gasteiger partial charge in [0.25, 0.3) is 11.8 Å². The highest BCUT2D eigenvalue weighted by Crippen LogP contribution is 2.26. The number of hydrogen-bond acceptors (Lipinski definition) is 5. The number of aromatic nitrogens is 1. The van der Waals surface area contributed by atoms with Crippen molar-refractivity contribution in [1.29, 1.82) is 0 Å². The summed E-state index contributed by atoms with van der Waals surface area (Å²) < 4.78 is 11.2. The number of ether oxygens (including phenoxy) is 2. The molecule has 2 amide bonds. The van der Waals surface area contributed by atoms with Crippen molar-refractivity contribution in [3.05, 3.63) is 82.7 Å². The molecule has 3 aromatic rings. The van der Waals surface area contributed by atoms with Crippen LogP contribution in [0.5, 0.6) is 11.5 Å². The lowest BCUT2D eigenvalue weighted by atomic mass is 9.94. The fourth-order valence-electron chi connectivity index (χ4n) is 3.75. The van der Waals surface area contributed by atoms with Crippen molar-refractivity contribution in [2.75, 3.05) is 6.61 Å². The normalized spacial score (nSPS) is 12.6. The Morgan fingerprint density at radius 2 is 1.64 bits per heavy atom. The quantitative estimate of drug-likeness (QED) is 0.482. The molecule has 33 heavy (non-hydrogen) atoms. The van der Waals surface area contributed by atoms with Gasteiger partial charge in [-0.2, -0.15) is 0 Å². The first-order valence-electron chi connectivity index (χ1n) is 10.7. The number of rotatable bonds is 7. The summed E-state index contributed by atoms with van der Waals surface area (Å²) in [5.74, 6) is 0.194. The molecule has 0 atom stereocenters. The minimum absolute atomic E-state index is 0.0398. The van der Waals surface area contributed by atoms with Crippen LogP contribution in [0.3, 0.4) is 0 Å². The molecule has 1 heterocycles. The molecule has 0 bridgehead atoms. The number of hydrogen-bond donors (Lipinski definition) is 3. The average molecular weight is 447 g/mol. The van der Waals surface area contributed by atoms with Crippen LogP contribution >= 0.6 is 0 Å². The van der Waals surface area contributed by atoms with Gasteiger partial charge in [0, 0.05) is 17.7 Å². The predicted molar refractivity (Wildman–Crippen MR) is 121 cm³/mol. The molecule has 0 spiro atoms. The first-order valence-corrected chi connectivity index (χ1v) is 10.7. The van der Waals surface area contributed by atoms with Crippen molar-refractivity contribution < 1.29 is 23.9 Å². The van der Waals surface area contributed by atoms with Crippen LogP contribution in [0, 0.1) is 6.92 Å². The van der Waals surface area contributed by atoms with Crippen molar-refractivity contribution in [3.63, 3.8) is 0 Å². The molecule has 2 aromatic carbocycles. The summed E-state index contributed by atoms with van der Waals surface area (Å²) in [6.07, 6.45) is 1.98. The zero-order valence-corrected chi connectivity index (χ0v) is 18.3. The lowest BCUT2D eigenvalue weighted by molar-refractivity contribution is -0.123. The molecule has 1 aromatic heterocycles. The maximum atomic E-state index is 12.4. The SMILES string of the molecule is Cc1c(C(=O)NNC(=O)COc2ccc(OCc3ccccc3)cc2)[nH]c2c1C(=O)CCC2. The minimum atomic E-state index is -0.516. The molecule has 170 valence electrons. The van der Waals surface area contributed by atoms with Gasteiger partial charge in [-0.15, -0.1) is 0 Å². The fraction of sp³-hybridized carbons (Fsp3) is 0.240. The molecule has 0 saturated carbocycles. The highest BCUT2D eigenvalue weighted by atomic mass is 16.5. The summed E-state index contributed by atoms with van der Waals surface area (Å²) in [6.45, 7) is 1.91. The van der Waals surface area contributed by atoms with Gasteiger partial charge in [-0.25, -0.2) is 0 Å². The molecule has 3 N–H and O–H groups in total. The van der Waals surface area contributed by atoms with E-state index in [9.17, 15) is 14.4 Å². The van der Waals surface area contributed by atoms with E-state index in [0.717, 1.165) is 24.1 Å². The number of H-pyrrole nitrogens is 1. The number of carbonyl (C=O) groups is 3. The number of amides is 2. The van der Waals surface area contributed by atoms with Crippen LogP contribution in [0.15, 0.2) is 54.6 Å². The number of aromatic amines is 1. The second-order valence-electron chi connectivity index (χ2n) is 7.79. The summed E-state index contributed by atoms with van der Waals surface area (Å²) in [7, 11) is 0. The topological polar surface area (TPSA) is 110 Å². The largest absolute Gasteiger partial charge is 0.489 e. The third-order valence-electron chi connectivity index (χ3n) is 5.42. The molecule has 0 saturated heterocycles. The van der Waals surface area contributed by atoms with E-state index in [0.29, 0.717) is 35.7 Å². The molecular weight excluding hydrogens is 422 g/mol. The maximum absolute atomic E-state index is 12.4. The van der Waals surface area contributed by atoms with Gasteiger partial charge in [0.05, 0.1) is 0 Å². The number of hydrazine groups is 1. The number of carbonyl (C=O) groups excluding carboxylic acids is 3. The van der Waals surface area contributed by atoms with Crippen LogP contribution in [-0.2, 0) is 17.8 Å². The molecule has 0 radical (unpaired) electrons. The number of nitrogens with one attached hydrogen (secondary N) is 3. The van der Waals surface area contributed by atoms with Gasteiger partial charge in [-0.3, -0.25) is 25.2 Å². The highest BCUT2D eigenvalue weighted by Gasteiger charge is 2.26. The highest BCUT2D eigenvalue weighted by molar-refractivity contribution is 6.04. The first-order chi connectivity index (χ1) is 16.0. The third-order valence-corrected chi connectivity index (χ3v) is 5.42. The van der Waals surface area contributed by atoms with Gasteiger partial charge < -0.3 is 14.5 Å². The number of benzene rings is 2. The molecular formula is C25H25N3O5. The van der Waals surface area contributed by atoms with Gasteiger partial charge in [0.2, 0.25) is 0 Å². The first kappa shape index (κ1) is 22.1. The Balaban J connectivity index is 1.23. The molecule has 1 aliphatic carbocycles. The van der Waals surface area contributed by atoms with E-state index in [-0.39, 0.29) is 18.1 Å². The summed E-state index contributed by atoms with van der Waals surface area (Å²) in [5, 5.41) is 0. The summed E-state index contributed by atoms with van der Waals surface area (Å²) in [5.41, 5.74) is 8.01. The smallest absolute Gasteiger partial charge is 0.286 e. The van der Waals surface area contributed by atoms with E-state index in [1.165, 1.54) is 0 Å². The van der Waals surface area contributed by atoms with Crippen molar-refractivity contribution in [3.8, 4) is 11.5 Å². The molecule has 0 unspecified atom stereocenters. The lowest BCUT2D eigenvalue weighted by Gasteiger charge is -2.10. The lowest BCUT2D eigenvalue weighted by Crippen LogP contribution is -2.44. The minimum Gasteiger partial charge on any atom is -0.489 e. The zero-order valence-electron chi connectivity index (χ0n) is 18.3. The number of aryl methyl sites for hydroxylation is 1. The fourth-order valence-corrected chi connectivity index (χ4v) is 3.75. The zero-order chi connectivity index (χ0) is 23.2. The number of Topliss-reactive ketones (excluding diaryl/α,β-unsaturated/α-hetero) is 1. The molecule has 8 heteroatoms. The van der Waals surface area contributed by atoms with Gasteiger partial charge >= 0.3 is 0 Å². The van der Waals surface area contributed by atoms with Crippen molar-refractivity contribution in [1.82, 2.24) is 15.8 Å². The van der Waals surface area contributed by atoms with E-state index < -0.39 is 11.8 Å². The van der Waals surface area contributed by atoms with Crippen LogP contribution in [0.2, 0.25) is 0 Å². The monoisotopic (exact) mass is 447 g/mol. The second kappa shape index (κ2) is 10.0.